The van der Waals surface area contributed by atoms with E-state index in [0.717, 1.165) is 0 Å². The predicted molar refractivity (Wildman–Crippen MR) is 77.3 cm³/mol. The first-order valence-electron chi connectivity index (χ1n) is 6.91. The second-order valence-corrected chi connectivity index (χ2v) is 5.26. The molecule has 22 heavy (non-hydrogen) atoms. The number of benzene rings is 1. The fourth-order valence-corrected chi connectivity index (χ4v) is 2.00. The van der Waals surface area contributed by atoms with Crippen LogP contribution in [0.15, 0.2) is 18.2 Å². The number of rotatable bonds is 9. The van der Waals surface area contributed by atoms with Gasteiger partial charge < -0.3 is 19.9 Å². The number of methoxy groups -OCH3 is 1. The first-order chi connectivity index (χ1) is 10.3. The zero-order chi connectivity index (χ0) is 16.7. The highest BCUT2D eigenvalue weighted by molar-refractivity contribution is 5.73. The number of alkyl halides is 2. The standard InChI is InChI=1S/C15H21F2NO4/c1-9(2)6-11(14(19)20)18-8-10-4-5-12(22-15(16)17)13(7-10)21-3/h4-5,7,9,11,15,18H,6,8H2,1-3H3,(H,19,20)/t11-/m1/s1. The molecule has 0 saturated heterocycles. The lowest BCUT2D eigenvalue weighted by Gasteiger charge is -2.17. The largest absolute Gasteiger partial charge is 0.493 e. The molecule has 0 unspecified atom stereocenters. The van der Waals surface area contributed by atoms with Gasteiger partial charge in [-0.1, -0.05) is 19.9 Å². The summed E-state index contributed by atoms with van der Waals surface area (Å²) in [5.41, 5.74) is 0.716. The van der Waals surface area contributed by atoms with Crippen molar-refractivity contribution in [2.45, 2.75) is 39.5 Å². The molecule has 0 aliphatic carbocycles. The van der Waals surface area contributed by atoms with Crippen LogP contribution in [-0.2, 0) is 11.3 Å². The van der Waals surface area contributed by atoms with Gasteiger partial charge in [-0.25, -0.2) is 0 Å². The number of carboxylic acid groups (broad SMARTS) is 1. The lowest BCUT2D eigenvalue weighted by Crippen LogP contribution is -2.37. The number of carbonyl (C=O) groups is 1. The molecule has 1 atom stereocenters. The van der Waals surface area contributed by atoms with Crippen LogP contribution in [0.4, 0.5) is 8.78 Å². The number of hydrogen-bond acceptors (Lipinski definition) is 4. The van der Waals surface area contributed by atoms with Crippen molar-refractivity contribution < 1.29 is 28.2 Å². The molecule has 5 nitrogen and oxygen atoms in total. The maximum absolute atomic E-state index is 12.2. The zero-order valence-corrected chi connectivity index (χ0v) is 12.8. The molecule has 1 rings (SSSR count). The minimum Gasteiger partial charge on any atom is -0.493 e. The summed E-state index contributed by atoms with van der Waals surface area (Å²) < 4.78 is 33.8. The molecule has 0 bridgehead atoms. The highest BCUT2D eigenvalue weighted by Crippen LogP contribution is 2.29. The molecule has 7 heteroatoms. The minimum atomic E-state index is -2.93. The van der Waals surface area contributed by atoms with Crippen molar-refractivity contribution in [1.29, 1.82) is 0 Å². The highest BCUT2D eigenvalue weighted by Gasteiger charge is 2.18. The molecular weight excluding hydrogens is 296 g/mol. The van der Waals surface area contributed by atoms with Crippen LogP contribution in [0.2, 0.25) is 0 Å². The Bertz CT molecular complexity index is 494. The molecule has 0 spiro atoms. The third kappa shape index (κ3) is 5.85. The van der Waals surface area contributed by atoms with Crippen LogP contribution in [0.1, 0.15) is 25.8 Å². The Hall–Kier alpha value is -1.89. The number of aliphatic carboxylic acids is 1. The van der Waals surface area contributed by atoms with Crippen LogP contribution >= 0.6 is 0 Å². The number of halogens is 2. The summed E-state index contributed by atoms with van der Waals surface area (Å²) >= 11 is 0. The third-order valence-corrected chi connectivity index (χ3v) is 3.00. The number of hydrogen-bond donors (Lipinski definition) is 2. The van der Waals surface area contributed by atoms with Gasteiger partial charge in [0.25, 0.3) is 0 Å². The van der Waals surface area contributed by atoms with Crippen LogP contribution < -0.4 is 14.8 Å². The molecule has 0 saturated carbocycles. The summed E-state index contributed by atoms with van der Waals surface area (Å²) in [5.74, 6) is -0.558. The van der Waals surface area contributed by atoms with Crippen molar-refractivity contribution in [3.05, 3.63) is 23.8 Å². The highest BCUT2D eigenvalue weighted by atomic mass is 19.3. The molecule has 0 aliphatic heterocycles. The van der Waals surface area contributed by atoms with Gasteiger partial charge in [0.1, 0.15) is 6.04 Å². The zero-order valence-electron chi connectivity index (χ0n) is 12.8. The second-order valence-electron chi connectivity index (χ2n) is 5.26. The molecular formula is C15H21F2NO4. The molecule has 0 aliphatic rings. The molecule has 0 fully saturated rings. The SMILES string of the molecule is COc1cc(CN[C@H](CC(C)C)C(=O)O)ccc1OC(F)F. The maximum Gasteiger partial charge on any atom is 0.387 e. The van der Waals surface area contributed by atoms with Crippen LogP contribution in [0.25, 0.3) is 0 Å². The molecule has 2 N–H and O–H groups in total. The maximum atomic E-state index is 12.2. The first kappa shape index (κ1) is 18.2. The fraction of sp³-hybridized carbons (Fsp3) is 0.533. The molecule has 0 heterocycles. The molecule has 1 aromatic carbocycles. The van der Waals surface area contributed by atoms with E-state index in [1.807, 2.05) is 13.8 Å². The lowest BCUT2D eigenvalue weighted by atomic mass is 10.0. The van der Waals surface area contributed by atoms with E-state index in [1.54, 1.807) is 12.1 Å². The Labute approximate surface area is 128 Å². The van der Waals surface area contributed by atoms with Gasteiger partial charge in [0.2, 0.25) is 0 Å². The summed E-state index contributed by atoms with van der Waals surface area (Å²) in [6, 6.07) is 3.84. The van der Waals surface area contributed by atoms with Gasteiger partial charge in [-0.3, -0.25) is 4.79 Å². The van der Waals surface area contributed by atoms with Gasteiger partial charge in [0, 0.05) is 6.54 Å². The quantitative estimate of drug-likeness (QED) is 0.733. The molecule has 0 amide bonds. The van der Waals surface area contributed by atoms with Crippen molar-refractivity contribution in [3.63, 3.8) is 0 Å². The Morgan fingerprint density at radius 2 is 2.00 bits per heavy atom. The molecule has 0 radical (unpaired) electrons. The normalized spacial score (nSPS) is 12.5. The topological polar surface area (TPSA) is 67.8 Å². The Kier molecular flexibility index (Phi) is 7.04. The van der Waals surface area contributed by atoms with Crippen molar-refractivity contribution in [2.75, 3.05) is 7.11 Å². The number of carboxylic acids is 1. The molecule has 1 aromatic rings. The summed E-state index contributed by atoms with van der Waals surface area (Å²) in [5, 5.41) is 12.1. The van der Waals surface area contributed by atoms with E-state index >= 15 is 0 Å². The summed E-state index contributed by atoms with van der Waals surface area (Å²) in [7, 11) is 1.35. The van der Waals surface area contributed by atoms with Gasteiger partial charge in [-0.15, -0.1) is 0 Å². The lowest BCUT2D eigenvalue weighted by molar-refractivity contribution is -0.140. The number of ether oxygens (including phenoxy) is 2. The molecule has 0 aromatic heterocycles. The van der Waals surface area contributed by atoms with Crippen LogP contribution in [0.5, 0.6) is 11.5 Å². The van der Waals surface area contributed by atoms with Crippen LogP contribution in [0, 0.1) is 5.92 Å². The van der Waals surface area contributed by atoms with E-state index in [0.29, 0.717) is 12.0 Å². The molecule has 124 valence electrons. The van der Waals surface area contributed by atoms with E-state index in [4.69, 9.17) is 9.84 Å². The van der Waals surface area contributed by atoms with E-state index in [-0.39, 0.29) is 24.0 Å². The van der Waals surface area contributed by atoms with Gasteiger partial charge in [0.05, 0.1) is 7.11 Å². The minimum absolute atomic E-state index is 0.0572. The second kappa shape index (κ2) is 8.53. The summed E-state index contributed by atoms with van der Waals surface area (Å²) in [6.07, 6.45) is 0.499. The monoisotopic (exact) mass is 317 g/mol. The van der Waals surface area contributed by atoms with E-state index in [2.05, 4.69) is 10.1 Å². The number of nitrogens with one attached hydrogen (secondary N) is 1. The van der Waals surface area contributed by atoms with E-state index in [9.17, 15) is 13.6 Å². The third-order valence-electron chi connectivity index (χ3n) is 3.00. The van der Waals surface area contributed by atoms with Crippen molar-refractivity contribution in [3.8, 4) is 11.5 Å². The Morgan fingerprint density at radius 3 is 2.50 bits per heavy atom. The average molecular weight is 317 g/mol. The Balaban J connectivity index is 2.74. The summed E-state index contributed by atoms with van der Waals surface area (Å²) in [6.45, 7) is 1.24. The summed E-state index contributed by atoms with van der Waals surface area (Å²) in [4.78, 5) is 11.2. The van der Waals surface area contributed by atoms with E-state index < -0.39 is 18.6 Å². The van der Waals surface area contributed by atoms with Gasteiger partial charge in [-0.05, 0) is 30.0 Å². The van der Waals surface area contributed by atoms with Gasteiger partial charge >= 0.3 is 12.6 Å². The Morgan fingerprint density at radius 1 is 1.32 bits per heavy atom. The average Bonchev–Trinajstić information content (AvgIpc) is 2.43. The smallest absolute Gasteiger partial charge is 0.387 e. The van der Waals surface area contributed by atoms with Crippen molar-refractivity contribution in [1.82, 2.24) is 5.32 Å². The predicted octanol–water partition coefficient (Wildman–Crippen LogP) is 2.89. The van der Waals surface area contributed by atoms with Crippen molar-refractivity contribution >= 4 is 5.97 Å². The van der Waals surface area contributed by atoms with Crippen LogP contribution in [-0.4, -0.2) is 30.8 Å². The van der Waals surface area contributed by atoms with Gasteiger partial charge in [0.15, 0.2) is 11.5 Å². The van der Waals surface area contributed by atoms with Gasteiger partial charge in [-0.2, -0.15) is 8.78 Å². The van der Waals surface area contributed by atoms with Crippen LogP contribution in [0.3, 0.4) is 0 Å². The fourth-order valence-electron chi connectivity index (χ4n) is 2.00. The first-order valence-corrected chi connectivity index (χ1v) is 6.91. The van der Waals surface area contributed by atoms with Crippen molar-refractivity contribution in [2.24, 2.45) is 5.92 Å². The van der Waals surface area contributed by atoms with E-state index in [1.165, 1.54) is 13.2 Å².